The number of carbonyl (C=O) groups is 1. The largest absolute Gasteiger partial charge is 0.307 e. The second kappa shape index (κ2) is 7.79. The number of fused-ring (bicyclic) bond motifs is 1. The van der Waals surface area contributed by atoms with Gasteiger partial charge in [-0.15, -0.1) is 0 Å². The van der Waals surface area contributed by atoms with Gasteiger partial charge < -0.3 is 5.32 Å². The topological polar surface area (TPSA) is 77.6 Å². The second-order valence-corrected chi connectivity index (χ2v) is 8.09. The summed E-state index contributed by atoms with van der Waals surface area (Å²) in [6, 6.07) is 11.8. The maximum absolute atomic E-state index is 12.9. The fourth-order valence-corrected chi connectivity index (χ4v) is 3.45. The Morgan fingerprint density at radius 3 is 2.66 bits per heavy atom. The minimum absolute atomic E-state index is 0.201. The molecule has 0 atom stereocenters. The molecule has 0 saturated carbocycles. The maximum Gasteiger partial charge on any atom is 0.258 e. The molecule has 1 N–H and O–H groups in total. The van der Waals surface area contributed by atoms with Crippen molar-refractivity contribution in [2.24, 2.45) is 0 Å². The first kappa shape index (κ1) is 19.3. The molecule has 0 spiro atoms. The van der Waals surface area contributed by atoms with E-state index < -0.39 is 0 Å². The molecular weight excluding hydrogens is 432 g/mol. The van der Waals surface area contributed by atoms with Crippen molar-refractivity contribution in [2.45, 2.75) is 33.4 Å². The maximum atomic E-state index is 12.9. The molecule has 1 aromatic carbocycles. The average Bonchev–Trinajstić information content (AvgIpc) is 3.29. The van der Waals surface area contributed by atoms with E-state index in [1.165, 1.54) is 0 Å². The predicted molar refractivity (Wildman–Crippen MR) is 116 cm³/mol. The van der Waals surface area contributed by atoms with E-state index in [0.717, 1.165) is 21.1 Å². The van der Waals surface area contributed by atoms with Gasteiger partial charge in [0.15, 0.2) is 5.65 Å². The van der Waals surface area contributed by atoms with E-state index in [2.05, 4.69) is 50.3 Å². The van der Waals surface area contributed by atoms with Gasteiger partial charge >= 0.3 is 0 Å². The van der Waals surface area contributed by atoms with Crippen LogP contribution in [-0.2, 0) is 6.54 Å². The number of amides is 1. The van der Waals surface area contributed by atoms with Crippen LogP contribution in [0, 0.1) is 6.92 Å². The summed E-state index contributed by atoms with van der Waals surface area (Å²) >= 11 is 3.44. The molecule has 29 heavy (non-hydrogen) atoms. The van der Waals surface area contributed by atoms with E-state index in [1.54, 1.807) is 23.1 Å². The number of aryl methyl sites for hydroxylation is 1. The Labute approximate surface area is 176 Å². The van der Waals surface area contributed by atoms with Crippen molar-refractivity contribution in [1.82, 2.24) is 24.5 Å². The molecule has 0 radical (unpaired) electrons. The minimum Gasteiger partial charge on any atom is -0.307 e. The highest BCUT2D eigenvalue weighted by Gasteiger charge is 2.17. The third-order valence-corrected chi connectivity index (χ3v) is 5.23. The summed E-state index contributed by atoms with van der Waals surface area (Å²) in [4.78, 5) is 17.6. The van der Waals surface area contributed by atoms with Crippen LogP contribution in [-0.4, -0.2) is 30.5 Å². The van der Waals surface area contributed by atoms with Gasteiger partial charge in [-0.1, -0.05) is 28.1 Å². The lowest BCUT2D eigenvalue weighted by molar-refractivity contribution is 0.102. The Kier molecular flexibility index (Phi) is 5.19. The van der Waals surface area contributed by atoms with Crippen molar-refractivity contribution in [3.05, 3.63) is 70.1 Å². The normalized spacial score (nSPS) is 11.3. The summed E-state index contributed by atoms with van der Waals surface area (Å²) in [6.07, 6.45) is 3.42. The molecule has 7 nitrogen and oxygen atoms in total. The average molecular weight is 453 g/mol. The summed E-state index contributed by atoms with van der Waals surface area (Å²) in [6.45, 7) is 6.51. The highest BCUT2D eigenvalue weighted by molar-refractivity contribution is 9.10. The number of anilines is 1. The molecular formula is C21H21BrN6O. The number of nitrogens with zero attached hydrogens (tertiary/aromatic N) is 5. The number of carbonyl (C=O) groups excluding carboxylic acids is 1. The van der Waals surface area contributed by atoms with Gasteiger partial charge in [0.1, 0.15) is 5.82 Å². The number of halogens is 1. The third kappa shape index (κ3) is 3.93. The van der Waals surface area contributed by atoms with Crippen molar-refractivity contribution in [1.29, 1.82) is 0 Å². The first-order valence-electron chi connectivity index (χ1n) is 9.35. The number of pyridine rings is 1. The van der Waals surface area contributed by atoms with Crippen molar-refractivity contribution >= 4 is 38.7 Å². The lowest BCUT2D eigenvalue weighted by atomic mass is 10.1. The Morgan fingerprint density at radius 2 is 1.93 bits per heavy atom. The van der Waals surface area contributed by atoms with Gasteiger partial charge in [-0.2, -0.15) is 10.2 Å². The van der Waals surface area contributed by atoms with Crippen LogP contribution in [0.3, 0.4) is 0 Å². The molecule has 1 amide bonds. The van der Waals surface area contributed by atoms with Gasteiger partial charge in [0, 0.05) is 22.0 Å². The van der Waals surface area contributed by atoms with Gasteiger partial charge in [-0.25, -0.2) is 14.3 Å². The number of rotatable bonds is 5. The number of benzene rings is 1. The summed E-state index contributed by atoms with van der Waals surface area (Å²) < 4.78 is 4.64. The molecule has 8 heteroatoms. The van der Waals surface area contributed by atoms with E-state index in [1.807, 2.05) is 41.9 Å². The molecule has 3 aromatic heterocycles. The van der Waals surface area contributed by atoms with Crippen LogP contribution in [0.4, 0.5) is 5.82 Å². The molecule has 3 heterocycles. The van der Waals surface area contributed by atoms with E-state index in [-0.39, 0.29) is 11.9 Å². The molecule has 0 bridgehead atoms. The molecule has 0 aliphatic heterocycles. The van der Waals surface area contributed by atoms with Crippen molar-refractivity contribution in [3.63, 3.8) is 0 Å². The van der Waals surface area contributed by atoms with Crippen LogP contribution in [0.2, 0.25) is 0 Å². The van der Waals surface area contributed by atoms with Gasteiger partial charge in [0.05, 0.1) is 30.2 Å². The first-order chi connectivity index (χ1) is 13.9. The monoisotopic (exact) mass is 452 g/mol. The van der Waals surface area contributed by atoms with Crippen LogP contribution in [0.5, 0.6) is 0 Å². The zero-order valence-corrected chi connectivity index (χ0v) is 18.0. The van der Waals surface area contributed by atoms with Crippen molar-refractivity contribution < 1.29 is 4.79 Å². The van der Waals surface area contributed by atoms with Gasteiger partial charge in [-0.05, 0) is 44.5 Å². The predicted octanol–water partition coefficient (Wildman–Crippen LogP) is 4.58. The number of aromatic nitrogens is 5. The number of nitrogens with one attached hydrogen (secondary N) is 1. The van der Waals surface area contributed by atoms with E-state index in [0.29, 0.717) is 23.6 Å². The molecule has 148 valence electrons. The molecule has 4 rings (SSSR count). The zero-order valence-electron chi connectivity index (χ0n) is 16.4. The molecule has 0 fully saturated rings. The van der Waals surface area contributed by atoms with Gasteiger partial charge in [0.2, 0.25) is 0 Å². The highest BCUT2D eigenvalue weighted by Crippen LogP contribution is 2.21. The fraction of sp³-hybridized carbons (Fsp3) is 0.238. The van der Waals surface area contributed by atoms with Crippen LogP contribution in [0.1, 0.15) is 41.5 Å². The molecule has 4 aromatic rings. The van der Waals surface area contributed by atoms with Crippen LogP contribution >= 0.6 is 15.9 Å². The minimum atomic E-state index is -0.216. The van der Waals surface area contributed by atoms with E-state index >= 15 is 0 Å². The summed E-state index contributed by atoms with van der Waals surface area (Å²) in [5.74, 6) is 0.419. The highest BCUT2D eigenvalue weighted by atomic mass is 79.9. The number of hydrogen-bond donors (Lipinski definition) is 1. The molecule has 0 unspecified atom stereocenters. The molecule has 0 saturated heterocycles. The third-order valence-electron chi connectivity index (χ3n) is 4.70. The van der Waals surface area contributed by atoms with Crippen molar-refractivity contribution in [2.75, 3.05) is 5.32 Å². The summed E-state index contributed by atoms with van der Waals surface area (Å²) in [5.41, 5.74) is 3.07. The van der Waals surface area contributed by atoms with Gasteiger partial charge in [-0.3, -0.25) is 4.79 Å². The quantitative estimate of drug-likeness (QED) is 0.480. The van der Waals surface area contributed by atoms with Crippen LogP contribution in [0.15, 0.2) is 53.3 Å². The Hall–Kier alpha value is -3.00. The number of hydrogen-bond acceptors (Lipinski definition) is 4. The standard InChI is InChI=1S/C21H21BrN6O/c1-13(2)28-20-16(11-24-28)10-18(14(3)25-20)21(29)26-19-8-9-23-27(19)12-15-4-6-17(22)7-5-15/h4-11,13H,12H2,1-3H3,(H,26,29). The summed E-state index contributed by atoms with van der Waals surface area (Å²) in [7, 11) is 0. The summed E-state index contributed by atoms with van der Waals surface area (Å²) in [5, 5.41) is 12.5. The first-order valence-corrected chi connectivity index (χ1v) is 10.1. The van der Waals surface area contributed by atoms with E-state index in [9.17, 15) is 4.79 Å². The van der Waals surface area contributed by atoms with Gasteiger partial charge in [0.25, 0.3) is 5.91 Å². The molecule has 0 aliphatic carbocycles. The van der Waals surface area contributed by atoms with Crippen molar-refractivity contribution in [3.8, 4) is 0 Å². The second-order valence-electron chi connectivity index (χ2n) is 7.17. The Balaban J connectivity index is 1.58. The molecule has 0 aliphatic rings. The SMILES string of the molecule is Cc1nc2c(cnn2C(C)C)cc1C(=O)Nc1ccnn1Cc1ccc(Br)cc1. The smallest absolute Gasteiger partial charge is 0.258 e. The van der Waals surface area contributed by atoms with E-state index in [4.69, 9.17) is 0 Å². The lowest BCUT2D eigenvalue weighted by Gasteiger charge is -2.11. The Morgan fingerprint density at radius 1 is 1.17 bits per heavy atom. The van der Waals surface area contributed by atoms with Crippen LogP contribution < -0.4 is 5.32 Å². The van der Waals surface area contributed by atoms with Crippen LogP contribution in [0.25, 0.3) is 11.0 Å². The fourth-order valence-electron chi connectivity index (χ4n) is 3.18. The Bertz CT molecular complexity index is 1180. The zero-order chi connectivity index (χ0) is 20.5. The lowest BCUT2D eigenvalue weighted by Crippen LogP contribution is -2.18.